The van der Waals surface area contributed by atoms with Crippen LogP contribution in [0.1, 0.15) is 17.8 Å². The molecule has 0 amide bonds. The van der Waals surface area contributed by atoms with Crippen LogP contribution in [-0.4, -0.2) is 17.2 Å². The molecule has 0 saturated heterocycles. The van der Waals surface area contributed by atoms with Crippen molar-refractivity contribution in [2.24, 2.45) is 0 Å². The van der Waals surface area contributed by atoms with E-state index < -0.39 is 56.4 Å². The van der Waals surface area contributed by atoms with Crippen molar-refractivity contribution in [2.45, 2.75) is 0 Å². The lowest BCUT2D eigenvalue weighted by Gasteiger charge is -2.34. The SMILES string of the molecule is [2H]c1c([2H])c([2H])c([Si](c2ccccc2)(c2ccccc2)c2c([2H])c([2H])c([2H])c(-n3c4ccccc4c4cc(-n5c6ccccc6c6c([2H])c([2H])c([2H])c([2H])c65)ccc43)c2[2H])c([2H])c1[2H]. The van der Waals surface area contributed by atoms with Gasteiger partial charge in [-0.3, -0.25) is 0 Å². The van der Waals surface area contributed by atoms with E-state index in [9.17, 15) is 8.22 Å². The summed E-state index contributed by atoms with van der Waals surface area (Å²) in [5.41, 5.74) is 2.64. The normalized spacial score (nSPS) is 15.5. The molecule has 10 rings (SSSR count). The second-order valence-corrected chi connectivity index (χ2v) is 16.0. The summed E-state index contributed by atoms with van der Waals surface area (Å²) in [7, 11) is -4.37. The van der Waals surface area contributed by atoms with Crippen molar-refractivity contribution in [3.8, 4) is 11.4 Å². The maximum absolute atomic E-state index is 10.3. The molecule has 0 aliphatic carbocycles. The molecule has 0 atom stereocenters. The summed E-state index contributed by atoms with van der Waals surface area (Å²) in [6.07, 6.45) is 0. The largest absolute Gasteiger partial charge is 0.309 e. The summed E-state index contributed by atoms with van der Waals surface area (Å²) >= 11 is 0. The van der Waals surface area contributed by atoms with Gasteiger partial charge in [-0.2, -0.15) is 0 Å². The molecule has 0 saturated carbocycles. The first kappa shape index (κ1) is 19.1. The molecule has 3 heteroatoms. The third-order valence-electron chi connectivity index (χ3n) is 9.72. The Labute approximate surface area is 316 Å². The van der Waals surface area contributed by atoms with E-state index in [1.54, 1.807) is 71.3 Å². The minimum Gasteiger partial charge on any atom is -0.309 e. The molecular weight excluding hydrogens is 633 g/mol. The van der Waals surface area contributed by atoms with Crippen LogP contribution in [0.5, 0.6) is 0 Å². The van der Waals surface area contributed by atoms with Crippen LogP contribution in [0.15, 0.2) is 206 Å². The summed E-state index contributed by atoms with van der Waals surface area (Å²) in [5, 5.41) is 3.36. The van der Waals surface area contributed by atoms with Gasteiger partial charge in [-0.05, 0) is 69.2 Å². The zero-order chi connectivity index (χ0) is 45.1. The van der Waals surface area contributed by atoms with Gasteiger partial charge >= 0.3 is 0 Å². The molecule has 0 radical (unpaired) electrons. The highest BCUT2D eigenvalue weighted by molar-refractivity contribution is 7.19. The average molecular weight is 680 g/mol. The minimum absolute atomic E-state index is 0.0126. The Bertz CT molecular complexity index is 3540. The topological polar surface area (TPSA) is 9.86 Å². The first-order chi connectivity index (χ1) is 30.7. The summed E-state index contributed by atoms with van der Waals surface area (Å²) < 4.78 is 122. The lowest BCUT2D eigenvalue weighted by molar-refractivity contribution is 1.17. The fraction of sp³-hybridized carbons (Fsp3) is 0. The Morgan fingerprint density at radius 2 is 0.902 bits per heavy atom. The van der Waals surface area contributed by atoms with Gasteiger partial charge in [-0.15, -0.1) is 0 Å². The lowest BCUT2D eigenvalue weighted by Crippen LogP contribution is -2.74. The van der Waals surface area contributed by atoms with Crippen molar-refractivity contribution in [3.63, 3.8) is 0 Å². The van der Waals surface area contributed by atoms with Crippen molar-refractivity contribution < 1.29 is 17.8 Å². The number of benzene rings is 8. The number of rotatable bonds is 6. The Hall–Kier alpha value is -6.42. The molecule has 51 heavy (non-hydrogen) atoms. The van der Waals surface area contributed by atoms with Crippen molar-refractivity contribution in [2.75, 3.05) is 0 Å². The first-order valence-corrected chi connectivity index (χ1v) is 18.6. The summed E-state index contributed by atoms with van der Waals surface area (Å²) in [4.78, 5) is 0. The van der Waals surface area contributed by atoms with Gasteiger partial charge in [0.1, 0.15) is 0 Å². The van der Waals surface area contributed by atoms with Gasteiger partial charge in [0.05, 0.1) is 39.9 Å². The molecular formula is C48H34N2Si. The van der Waals surface area contributed by atoms with Gasteiger partial charge < -0.3 is 9.13 Å². The van der Waals surface area contributed by atoms with E-state index in [0.717, 1.165) is 0 Å². The van der Waals surface area contributed by atoms with Crippen LogP contribution in [0.4, 0.5) is 0 Å². The van der Waals surface area contributed by atoms with Crippen molar-refractivity contribution >= 4 is 72.4 Å². The molecule has 0 fully saturated rings. The number of hydrogen-bond donors (Lipinski definition) is 0. The van der Waals surface area contributed by atoms with Gasteiger partial charge in [-0.1, -0.05) is 157 Å². The summed E-state index contributed by atoms with van der Waals surface area (Å²) in [6.45, 7) is 0. The number of para-hydroxylation sites is 3. The van der Waals surface area contributed by atoms with E-state index in [0.29, 0.717) is 59.7 Å². The van der Waals surface area contributed by atoms with Crippen LogP contribution >= 0.6 is 0 Å². The first-order valence-electron chi connectivity index (χ1n) is 23.1. The molecule has 10 aromatic rings. The van der Waals surface area contributed by atoms with E-state index in [4.69, 9.17) is 9.60 Å². The van der Waals surface area contributed by atoms with Crippen LogP contribution in [-0.2, 0) is 0 Å². The van der Waals surface area contributed by atoms with Crippen molar-refractivity contribution in [1.82, 2.24) is 9.13 Å². The summed E-state index contributed by atoms with van der Waals surface area (Å²) in [5.74, 6) is 0. The van der Waals surface area contributed by atoms with Crippen LogP contribution in [0.25, 0.3) is 55.0 Å². The van der Waals surface area contributed by atoms with E-state index in [2.05, 4.69) is 0 Å². The highest BCUT2D eigenvalue weighted by atomic mass is 28.3. The van der Waals surface area contributed by atoms with E-state index >= 15 is 0 Å². The Kier molecular flexibility index (Phi) is 4.45. The van der Waals surface area contributed by atoms with Gasteiger partial charge in [0.2, 0.25) is 0 Å². The fourth-order valence-electron chi connectivity index (χ4n) is 7.59. The van der Waals surface area contributed by atoms with Crippen LogP contribution in [0.3, 0.4) is 0 Å². The molecule has 0 N–H and O–H groups in total. The van der Waals surface area contributed by atoms with Crippen molar-refractivity contribution in [3.05, 3.63) is 206 Å². The molecule has 0 bridgehead atoms. The quantitative estimate of drug-likeness (QED) is 0.123. The summed E-state index contributed by atoms with van der Waals surface area (Å²) in [6, 6.07) is 32.6. The van der Waals surface area contributed by atoms with E-state index in [1.807, 2.05) is 65.2 Å². The highest BCUT2D eigenvalue weighted by Gasteiger charge is 2.41. The number of hydrogen-bond acceptors (Lipinski definition) is 0. The number of aromatic nitrogens is 2. The molecule has 0 aliphatic rings. The molecule has 240 valence electrons. The lowest BCUT2D eigenvalue weighted by atomic mass is 10.1. The predicted octanol–water partition coefficient (Wildman–Crippen LogP) is 9.26. The molecule has 0 unspecified atom stereocenters. The molecule has 8 aromatic carbocycles. The minimum atomic E-state index is -4.37. The zero-order valence-corrected chi connectivity index (χ0v) is 28.0. The molecule has 2 aromatic heterocycles. The van der Waals surface area contributed by atoms with Crippen LogP contribution < -0.4 is 20.7 Å². The van der Waals surface area contributed by atoms with E-state index in [-0.39, 0.29) is 46.3 Å². The fourth-order valence-corrected chi connectivity index (χ4v) is 11.8. The molecule has 0 spiro atoms. The third-order valence-corrected chi connectivity index (χ3v) is 14.1. The highest BCUT2D eigenvalue weighted by Crippen LogP contribution is 2.36. The Morgan fingerprint density at radius 3 is 1.61 bits per heavy atom. The zero-order valence-electron chi connectivity index (χ0n) is 40.0. The number of nitrogens with zero attached hydrogens (tertiary/aromatic N) is 2. The van der Waals surface area contributed by atoms with Crippen LogP contribution in [0, 0.1) is 0 Å². The smallest absolute Gasteiger partial charge is 0.179 e. The second-order valence-electron chi connectivity index (χ2n) is 12.3. The van der Waals surface area contributed by atoms with Gasteiger partial charge in [-0.25, -0.2) is 0 Å². The number of fused-ring (bicyclic) bond motifs is 6. The van der Waals surface area contributed by atoms with E-state index in [1.165, 1.54) is 0 Å². The van der Waals surface area contributed by atoms with Gasteiger partial charge in [0, 0.05) is 32.9 Å². The molecule has 2 nitrogen and oxygen atoms in total. The van der Waals surface area contributed by atoms with Crippen LogP contribution in [0.2, 0.25) is 0 Å². The monoisotopic (exact) mass is 679 g/mol. The molecule has 2 heterocycles. The maximum Gasteiger partial charge on any atom is 0.179 e. The average Bonchev–Trinajstić information content (AvgIpc) is 3.84. The standard InChI is InChI=1S/C48H34N2Si/c1-4-18-37(19-5-1)51(38-20-6-2-7-21-38,39-22-8-3-9-23-39)40-24-16-17-35(33-40)49-47-30-15-12-27-43(47)44-34-36(31-32-48(44)49)50-45-28-13-10-25-41(45)42-26-11-14-29-46(42)50/h1-34H/i1D,4D,5D,10D,13D,16D,17D,18D,19D,24D,25D,28D,33D. The Balaban J connectivity index is 1.35. The predicted molar refractivity (Wildman–Crippen MR) is 219 cm³/mol. The third kappa shape index (κ3) is 4.49. The van der Waals surface area contributed by atoms with Gasteiger partial charge in [0.25, 0.3) is 0 Å². The van der Waals surface area contributed by atoms with Crippen molar-refractivity contribution in [1.29, 1.82) is 0 Å². The second kappa shape index (κ2) is 11.9. The van der Waals surface area contributed by atoms with Gasteiger partial charge in [0.15, 0.2) is 8.07 Å². The Morgan fingerprint density at radius 1 is 0.353 bits per heavy atom. The maximum atomic E-state index is 10.3. The molecule has 0 aliphatic heterocycles.